The van der Waals surface area contributed by atoms with E-state index in [1.807, 2.05) is 0 Å². The Labute approximate surface area is 109 Å². The summed E-state index contributed by atoms with van der Waals surface area (Å²) in [5.41, 5.74) is 0.228. The van der Waals surface area contributed by atoms with Crippen LogP contribution in [0.1, 0.15) is 18.5 Å². The van der Waals surface area contributed by atoms with Crippen LogP contribution in [0.5, 0.6) is 0 Å². The molecule has 2 atom stereocenters. The quantitative estimate of drug-likeness (QED) is 0.911. The molecule has 1 fully saturated rings. The molecule has 2 rings (SSSR count). The van der Waals surface area contributed by atoms with Crippen molar-refractivity contribution in [1.29, 1.82) is 0 Å². The minimum absolute atomic E-state index is 0.159. The number of benzene rings is 1. The van der Waals surface area contributed by atoms with Crippen molar-refractivity contribution in [2.24, 2.45) is 0 Å². The van der Waals surface area contributed by atoms with Crippen molar-refractivity contribution >= 4 is 5.97 Å². The van der Waals surface area contributed by atoms with Gasteiger partial charge in [-0.2, -0.15) is 0 Å². The van der Waals surface area contributed by atoms with Gasteiger partial charge in [-0.3, -0.25) is 4.90 Å². The summed E-state index contributed by atoms with van der Waals surface area (Å²) >= 11 is 0. The van der Waals surface area contributed by atoms with Crippen molar-refractivity contribution in [3.8, 4) is 0 Å². The predicted octanol–water partition coefficient (Wildman–Crippen LogP) is 1.81. The van der Waals surface area contributed by atoms with E-state index in [1.165, 1.54) is 12.1 Å². The van der Waals surface area contributed by atoms with Gasteiger partial charge >= 0.3 is 5.97 Å². The molecule has 0 saturated carbocycles. The van der Waals surface area contributed by atoms with E-state index in [1.54, 1.807) is 11.8 Å². The Kier molecular flexibility index (Phi) is 4.11. The molecule has 0 radical (unpaired) electrons. The lowest BCUT2D eigenvalue weighted by molar-refractivity contribution is -0.157. The number of aliphatic carboxylic acids is 1. The summed E-state index contributed by atoms with van der Waals surface area (Å²) in [5.74, 6) is -2.82. The molecule has 6 heteroatoms. The zero-order valence-electron chi connectivity index (χ0n) is 10.5. The summed E-state index contributed by atoms with van der Waals surface area (Å²) in [6, 6.07) is 3.61. The summed E-state index contributed by atoms with van der Waals surface area (Å²) < 4.78 is 32.0. The summed E-state index contributed by atoms with van der Waals surface area (Å²) in [6.07, 6.45) is -0.923. The molecular weight excluding hydrogens is 256 g/mol. The molecule has 19 heavy (non-hydrogen) atoms. The average Bonchev–Trinajstić information content (AvgIpc) is 2.41. The van der Waals surface area contributed by atoms with Crippen LogP contribution in [-0.2, 0) is 9.53 Å². The Bertz CT molecular complexity index is 481. The average molecular weight is 271 g/mol. The second kappa shape index (κ2) is 5.63. The Morgan fingerprint density at radius 3 is 2.95 bits per heavy atom. The molecule has 0 spiro atoms. The summed E-state index contributed by atoms with van der Waals surface area (Å²) in [7, 11) is 0. The molecule has 1 aliphatic heterocycles. The zero-order valence-corrected chi connectivity index (χ0v) is 10.5. The van der Waals surface area contributed by atoms with Crippen molar-refractivity contribution in [3.63, 3.8) is 0 Å². The first-order valence-corrected chi connectivity index (χ1v) is 6.03. The topological polar surface area (TPSA) is 49.8 Å². The van der Waals surface area contributed by atoms with E-state index in [0.29, 0.717) is 6.54 Å². The number of carbonyl (C=O) groups is 1. The van der Waals surface area contributed by atoms with E-state index < -0.39 is 29.7 Å². The van der Waals surface area contributed by atoms with Gasteiger partial charge in [0.1, 0.15) is 0 Å². The maximum Gasteiger partial charge on any atom is 0.334 e. The molecule has 104 valence electrons. The van der Waals surface area contributed by atoms with Crippen LogP contribution in [0.25, 0.3) is 0 Å². The second-order valence-electron chi connectivity index (χ2n) is 4.51. The SMILES string of the molecule is CC(c1cccc(F)c1F)N1CCOC(C(=O)O)C1. The third-order valence-corrected chi connectivity index (χ3v) is 3.35. The van der Waals surface area contributed by atoms with Crippen LogP contribution < -0.4 is 0 Å². The van der Waals surface area contributed by atoms with Crippen LogP contribution in [0.2, 0.25) is 0 Å². The fraction of sp³-hybridized carbons (Fsp3) is 0.462. The number of hydrogen-bond acceptors (Lipinski definition) is 3. The lowest BCUT2D eigenvalue weighted by Gasteiger charge is -2.35. The van der Waals surface area contributed by atoms with Crippen LogP contribution in [0, 0.1) is 11.6 Å². The standard InChI is InChI=1S/C13H15F2NO3/c1-8(9-3-2-4-10(14)12(9)15)16-5-6-19-11(7-16)13(17)18/h2-4,8,11H,5-7H2,1H3,(H,17,18). The first-order valence-electron chi connectivity index (χ1n) is 6.03. The van der Waals surface area contributed by atoms with Gasteiger partial charge in [-0.15, -0.1) is 0 Å². The van der Waals surface area contributed by atoms with Crippen molar-refractivity contribution in [2.75, 3.05) is 19.7 Å². The Balaban J connectivity index is 2.17. The number of rotatable bonds is 3. The summed E-state index contributed by atoms with van der Waals surface area (Å²) in [5, 5.41) is 8.92. The maximum absolute atomic E-state index is 13.7. The van der Waals surface area contributed by atoms with E-state index in [9.17, 15) is 13.6 Å². The minimum Gasteiger partial charge on any atom is -0.479 e. The number of carboxylic acids is 1. The summed E-state index contributed by atoms with van der Waals surface area (Å²) in [4.78, 5) is 12.7. The molecule has 1 N–H and O–H groups in total. The number of morpholine rings is 1. The lowest BCUT2D eigenvalue weighted by Crippen LogP contribution is -2.47. The monoisotopic (exact) mass is 271 g/mol. The largest absolute Gasteiger partial charge is 0.479 e. The smallest absolute Gasteiger partial charge is 0.334 e. The number of ether oxygens (including phenoxy) is 1. The molecule has 1 aromatic rings. The highest BCUT2D eigenvalue weighted by molar-refractivity contribution is 5.72. The maximum atomic E-state index is 13.7. The molecule has 2 unspecified atom stereocenters. The van der Waals surface area contributed by atoms with Gasteiger partial charge in [0.2, 0.25) is 0 Å². The van der Waals surface area contributed by atoms with Gasteiger partial charge in [-0.05, 0) is 13.0 Å². The fourth-order valence-electron chi connectivity index (χ4n) is 2.21. The molecule has 0 aliphatic carbocycles. The van der Waals surface area contributed by atoms with Gasteiger partial charge < -0.3 is 9.84 Å². The van der Waals surface area contributed by atoms with E-state index in [0.717, 1.165) is 6.07 Å². The highest BCUT2D eigenvalue weighted by Crippen LogP contribution is 2.26. The first kappa shape index (κ1) is 13.9. The second-order valence-corrected chi connectivity index (χ2v) is 4.51. The lowest BCUT2D eigenvalue weighted by atomic mass is 10.0. The Hall–Kier alpha value is -1.53. The van der Waals surface area contributed by atoms with Gasteiger partial charge in [0.25, 0.3) is 0 Å². The van der Waals surface area contributed by atoms with Crippen LogP contribution in [-0.4, -0.2) is 41.8 Å². The number of nitrogens with zero attached hydrogens (tertiary/aromatic N) is 1. The van der Waals surface area contributed by atoms with Gasteiger partial charge in [-0.1, -0.05) is 12.1 Å². The van der Waals surface area contributed by atoms with Gasteiger partial charge in [0.15, 0.2) is 17.7 Å². The van der Waals surface area contributed by atoms with Crippen LogP contribution in [0.3, 0.4) is 0 Å². The Morgan fingerprint density at radius 1 is 1.53 bits per heavy atom. The molecule has 1 aromatic carbocycles. The molecule has 4 nitrogen and oxygen atoms in total. The van der Waals surface area contributed by atoms with E-state index in [4.69, 9.17) is 9.84 Å². The number of halogens is 2. The van der Waals surface area contributed by atoms with Crippen LogP contribution in [0.4, 0.5) is 8.78 Å². The number of hydrogen-bond donors (Lipinski definition) is 1. The van der Waals surface area contributed by atoms with Crippen LogP contribution in [0.15, 0.2) is 18.2 Å². The van der Waals surface area contributed by atoms with Crippen molar-refractivity contribution < 1.29 is 23.4 Å². The molecule has 0 aromatic heterocycles. The minimum atomic E-state index is -1.04. The Morgan fingerprint density at radius 2 is 2.26 bits per heavy atom. The van der Waals surface area contributed by atoms with Crippen LogP contribution >= 0.6 is 0 Å². The number of carboxylic acid groups (broad SMARTS) is 1. The van der Waals surface area contributed by atoms with E-state index >= 15 is 0 Å². The van der Waals surface area contributed by atoms with Gasteiger partial charge in [0, 0.05) is 24.7 Å². The third-order valence-electron chi connectivity index (χ3n) is 3.35. The van der Waals surface area contributed by atoms with Crippen molar-refractivity contribution in [3.05, 3.63) is 35.4 Å². The van der Waals surface area contributed by atoms with Crippen molar-refractivity contribution in [1.82, 2.24) is 4.90 Å². The van der Waals surface area contributed by atoms with E-state index in [-0.39, 0.29) is 18.7 Å². The highest BCUT2D eigenvalue weighted by atomic mass is 19.2. The summed E-state index contributed by atoms with van der Waals surface area (Å²) in [6.45, 7) is 2.63. The zero-order chi connectivity index (χ0) is 14.0. The van der Waals surface area contributed by atoms with E-state index in [2.05, 4.69) is 0 Å². The van der Waals surface area contributed by atoms with Gasteiger partial charge in [-0.25, -0.2) is 13.6 Å². The molecule has 1 saturated heterocycles. The highest BCUT2D eigenvalue weighted by Gasteiger charge is 2.30. The molecular formula is C13H15F2NO3. The molecule has 1 heterocycles. The molecule has 1 aliphatic rings. The van der Waals surface area contributed by atoms with Gasteiger partial charge in [0.05, 0.1) is 6.61 Å². The third kappa shape index (κ3) is 2.90. The normalized spacial score (nSPS) is 22.2. The first-order chi connectivity index (χ1) is 9.00. The molecule has 0 bridgehead atoms. The predicted molar refractivity (Wildman–Crippen MR) is 63.7 cm³/mol. The van der Waals surface area contributed by atoms with Crippen molar-refractivity contribution in [2.45, 2.75) is 19.1 Å². The fourth-order valence-corrected chi connectivity index (χ4v) is 2.21. The molecule has 0 amide bonds.